The van der Waals surface area contributed by atoms with Crippen molar-refractivity contribution < 1.29 is 23.9 Å². The minimum atomic E-state index is -0.492. The van der Waals surface area contributed by atoms with Crippen LogP contribution in [0, 0.1) is 5.41 Å². The molecule has 0 aromatic heterocycles. The summed E-state index contributed by atoms with van der Waals surface area (Å²) in [7, 11) is 0. The lowest BCUT2D eigenvalue weighted by atomic mass is 9.76. The van der Waals surface area contributed by atoms with Crippen molar-refractivity contribution in [3.63, 3.8) is 0 Å². The van der Waals surface area contributed by atoms with Gasteiger partial charge in [0.2, 0.25) is 0 Å². The van der Waals surface area contributed by atoms with Gasteiger partial charge in [-0.3, -0.25) is 9.59 Å². The molecule has 0 aliphatic rings. The number of hydrogen-bond acceptors (Lipinski definition) is 5. The standard InChI is InChI=1S/C19H28O5/c1-5-16(20)9-11-19(8-4,12-10-17(21)6-2)15-23-13-14-24-18(22)7-3/h5-7H,1-3,8-15H2,4H3. The van der Waals surface area contributed by atoms with Gasteiger partial charge < -0.3 is 9.47 Å². The number of allylic oxidation sites excluding steroid dienone is 2. The van der Waals surface area contributed by atoms with E-state index in [9.17, 15) is 14.4 Å². The van der Waals surface area contributed by atoms with Crippen LogP contribution in [-0.4, -0.2) is 37.4 Å². The van der Waals surface area contributed by atoms with Gasteiger partial charge in [0.15, 0.2) is 11.6 Å². The van der Waals surface area contributed by atoms with E-state index in [2.05, 4.69) is 19.7 Å². The maximum Gasteiger partial charge on any atom is 0.330 e. The summed E-state index contributed by atoms with van der Waals surface area (Å²) in [6.45, 7) is 13.1. The van der Waals surface area contributed by atoms with E-state index in [1.165, 1.54) is 12.2 Å². The highest BCUT2D eigenvalue weighted by molar-refractivity contribution is 5.89. The second-order valence-electron chi connectivity index (χ2n) is 5.62. The zero-order valence-electron chi connectivity index (χ0n) is 14.6. The third kappa shape index (κ3) is 9.20. The third-order valence-electron chi connectivity index (χ3n) is 4.06. The van der Waals surface area contributed by atoms with Crippen LogP contribution in [0.1, 0.15) is 39.0 Å². The lowest BCUT2D eigenvalue weighted by Gasteiger charge is -2.32. The summed E-state index contributed by atoms with van der Waals surface area (Å²) in [4.78, 5) is 34.0. The van der Waals surface area contributed by atoms with Crippen molar-refractivity contribution in [1.82, 2.24) is 0 Å². The van der Waals surface area contributed by atoms with Crippen molar-refractivity contribution in [1.29, 1.82) is 0 Å². The summed E-state index contributed by atoms with van der Waals surface area (Å²) in [6, 6.07) is 0. The van der Waals surface area contributed by atoms with E-state index >= 15 is 0 Å². The topological polar surface area (TPSA) is 69.7 Å². The average molecular weight is 336 g/mol. The molecule has 0 saturated heterocycles. The lowest BCUT2D eigenvalue weighted by molar-refractivity contribution is -0.140. The molecular weight excluding hydrogens is 308 g/mol. The first-order chi connectivity index (χ1) is 11.4. The summed E-state index contributed by atoms with van der Waals surface area (Å²) in [5.41, 5.74) is -0.278. The summed E-state index contributed by atoms with van der Waals surface area (Å²) >= 11 is 0. The van der Waals surface area contributed by atoms with Crippen LogP contribution in [0.4, 0.5) is 0 Å². The van der Waals surface area contributed by atoms with Crippen LogP contribution in [0.2, 0.25) is 0 Å². The monoisotopic (exact) mass is 336 g/mol. The predicted octanol–water partition coefficient (Wildman–Crippen LogP) is 3.20. The molecule has 0 rings (SSSR count). The molecule has 0 aromatic rings. The summed E-state index contributed by atoms with van der Waals surface area (Å²) in [5, 5.41) is 0. The van der Waals surface area contributed by atoms with Gasteiger partial charge in [0.1, 0.15) is 6.61 Å². The normalized spacial score (nSPS) is 10.7. The molecule has 0 amide bonds. The summed E-state index contributed by atoms with van der Waals surface area (Å²) < 4.78 is 10.5. The Hall–Kier alpha value is -2.01. The molecule has 5 heteroatoms. The van der Waals surface area contributed by atoms with E-state index < -0.39 is 5.97 Å². The fourth-order valence-corrected chi connectivity index (χ4v) is 2.25. The molecule has 24 heavy (non-hydrogen) atoms. The quantitative estimate of drug-likeness (QED) is 0.261. The molecule has 0 fully saturated rings. The molecule has 0 N–H and O–H groups in total. The molecule has 0 unspecified atom stereocenters. The Morgan fingerprint density at radius 3 is 1.88 bits per heavy atom. The van der Waals surface area contributed by atoms with Gasteiger partial charge in [0.25, 0.3) is 0 Å². The van der Waals surface area contributed by atoms with Gasteiger partial charge in [-0.05, 0) is 36.8 Å². The van der Waals surface area contributed by atoms with Crippen molar-refractivity contribution in [2.24, 2.45) is 5.41 Å². The van der Waals surface area contributed by atoms with E-state index in [0.717, 1.165) is 12.5 Å². The van der Waals surface area contributed by atoms with Crippen molar-refractivity contribution in [3.8, 4) is 0 Å². The Bertz CT molecular complexity index is 440. The number of ether oxygens (including phenoxy) is 2. The molecule has 0 radical (unpaired) electrons. The number of esters is 1. The molecule has 0 bridgehead atoms. The molecule has 0 atom stereocenters. The van der Waals surface area contributed by atoms with Gasteiger partial charge in [0, 0.05) is 18.9 Å². The Balaban J connectivity index is 4.62. The molecule has 0 saturated carbocycles. The van der Waals surface area contributed by atoms with Gasteiger partial charge in [0.05, 0.1) is 13.2 Å². The largest absolute Gasteiger partial charge is 0.460 e. The van der Waals surface area contributed by atoms with Gasteiger partial charge in [-0.15, -0.1) is 0 Å². The third-order valence-corrected chi connectivity index (χ3v) is 4.06. The number of hydrogen-bond donors (Lipinski definition) is 0. The Morgan fingerprint density at radius 1 is 0.917 bits per heavy atom. The van der Waals surface area contributed by atoms with Crippen molar-refractivity contribution >= 4 is 17.5 Å². The summed E-state index contributed by atoms with van der Waals surface area (Å²) in [5.74, 6) is -0.543. The number of ketones is 2. The van der Waals surface area contributed by atoms with Crippen LogP contribution in [0.3, 0.4) is 0 Å². The fourth-order valence-electron chi connectivity index (χ4n) is 2.25. The number of carbonyl (C=O) groups is 3. The van der Waals surface area contributed by atoms with Crippen LogP contribution in [0.15, 0.2) is 38.0 Å². The molecular formula is C19H28O5. The van der Waals surface area contributed by atoms with E-state index in [4.69, 9.17) is 9.47 Å². The van der Waals surface area contributed by atoms with Gasteiger partial charge in [-0.1, -0.05) is 26.7 Å². The predicted molar refractivity (Wildman–Crippen MR) is 93.6 cm³/mol. The Kier molecular flexibility index (Phi) is 11.4. The van der Waals surface area contributed by atoms with E-state index in [0.29, 0.717) is 32.3 Å². The van der Waals surface area contributed by atoms with Crippen molar-refractivity contribution in [3.05, 3.63) is 38.0 Å². The van der Waals surface area contributed by atoms with E-state index in [1.54, 1.807) is 0 Å². The van der Waals surface area contributed by atoms with Crippen molar-refractivity contribution in [2.75, 3.05) is 19.8 Å². The van der Waals surface area contributed by atoms with Gasteiger partial charge >= 0.3 is 5.97 Å². The number of carbonyl (C=O) groups excluding carboxylic acids is 3. The number of rotatable bonds is 15. The first kappa shape index (κ1) is 22.0. The molecule has 0 spiro atoms. The second-order valence-corrected chi connectivity index (χ2v) is 5.62. The first-order valence-corrected chi connectivity index (χ1v) is 8.10. The van der Waals surface area contributed by atoms with Gasteiger partial charge in [-0.2, -0.15) is 0 Å². The molecule has 0 aromatic carbocycles. The average Bonchev–Trinajstić information content (AvgIpc) is 2.62. The SMILES string of the molecule is C=CC(=O)CCC(CC)(CCC(=O)C=C)COCCOC(=O)C=C. The first-order valence-electron chi connectivity index (χ1n) is 8.10. The van der Waals surface area contributed by atoms with Crippen LogP contribution >= 0.6 is 0 Å². The highest BCUT2D eigenvalue weighted by Gasteiger charge is 2.29. The lowest BCUT2D eigenvalue weighted by Crippen LogP contribution is -2.29. The minimum absolute atomic E-state index is 0.0252. The summed E-state index contributed by atoms with van der Waals surface area (Å²) in [6.07, 6.45) is 6.46. The zero-order valence-corrected chi connectivity index (χ0v) is 14.6. The maximum absolute atomic E-state index is 11.5. The second kappa shape index (κ2) is 12.4. The van der Waals surface area contributed by atoms with Crippen LogP contribution in [0.25, 0.3) is 0 Å². The van der Waals surface area contributed by atoms with Crippen molar-refractivity contribution in [2.45, 2.75) is 39.0 Å². The highest BCUT2D eigenvalue weighted by Crippen LogP contribution is 2.34. The molecule has 0 aliphatic carbocycles. The maximum atomic E-state index is 11.5. The zero-order chi connectivity index (χ0) is 18.4. The smallest absolute Gasteiger partial charge is 0.330 e. The fraction of sp³-hybridized carbons (Fsp3) is 0.526. The Labute approximate surface area is 144 Å². The Morgan fingerprint density at radius 2 is 1.46 bits per heavy atom. The minimum Gasteiger partial charge on any atom is -0.460 e. The van der Waals surface area contributed by atoms with Gasteiger partial charge in [-0.25, -0.2) is 4.79 Å². The molecule has 0 aliphatic heterocycles. The van der Waals surface area contributed by atoms with Crippen LogP contribution in [0.5, 0.6) is 0 Å². The van der Waals surface area contributed by atoms with E-state index in [1.807, 2.05) is 6.92 Å². The highest BCUT2D eigenvalue weighted by atomic mass is 16.6. The van der Waals surface area contributed by atoms with Crippen LogP contribution < -0.4 is 0 Å². The van der Waals surface area contributed by atoms with E-state index in [-0.39, 0.29) is 30.2 Å². The molecule has 5 nitrogen and oxygen atoms in total. The van der Waals surface area contributed by atoms with Crippen LogP contribution in [-0.2, 0) is 23.9 Å². The molecule has 134 valence electrons. The molecule has 0 heterocycles.